The second kappa shape index (κ2) is 5.46. The highest BCUT2D eigenvalue weighted by Gasteiger charge is 2.07. The molecule has 5 nitrogen and oxygen atoms in total. The van der Waals surface area contributed by atoms with Crippen molar-refractivity contribution in [1.82, 2.24) is 15.0 Å². The van der Waals surface area contributed by atoms with Crippen molar-refractivity contribution in [3.8, 4) is 11.8 Å². The Morgan fingerprint density at radius 3 is 2.79 bits per heavy atom. The van der Waals surface area contributed by atoms with E-state index in [1.807, 2.05) is 0 Å². The fourth-order valence-electron chi connectivity index (χ4n) is 1.40. The van der Waals surface area contributed by atoms with Crippen molar-refractivity contribution >= 4 is 23.2 Å². The fraction of sp³-hybridized carbons (Fsp3) is 0.0769. The second-order valence-corrected chi connectivity index (χ2v) is 3.99. The Bertz CT molecular complexity index is 683. The molecule has 0 unspecified atom stereocenters. The van der Waals surface area contributed by atoms with E-state index in [2.05, 4.69) is 26.8 Å². The van der Waals surface area contributed by atoms with Crippen molar-refractivity contribution in [3.63, 3.8) is 0 Å². The Morgan fingerprint density at radius 2 is 2.11 bits per heavy atom. The van der Waals surface area contributed by atoms with Crippen LogP contribution >= 0.6 is 11.6 Å². The number of rotatable bonds is 1. The van der Waals surface area contributed by atoms with Gasteiger partial charge in [0.1, 0.15) is 28.6 Å². The zero-order valence-electron chi connectivity index (χ0n) is 10.0. The van der Waals surface area contributed by atoms with Crippen LogP contribution < -0.4 is 5.73 Å². The molecule has 0 aliphatic rings. The van der Waals surface area contributed by atoms with Crippen LogP contribution in [-0.4, -0.2) is 20.7 Å². The Kier molecular flexibility index (Phi) is 3.74. The number of pyridine rings is 1. The molecule has 2 heterocycles. The van der Waals surface area contributed by atoms with Gasteiger partial charge in [0.25, 0.3) is 0 Å². The molecule has 0 aromatic carbocycles. The fourth-order valence-corrected chi connectivity index (χ4v) is 1.59. The van der Waals surface area contributed by atoms with Crippen molar-refractivity contribution in [2.45, 2.75) is 6.92 Å². The first-order chi connectivity index (χ1) is 9.09. The van der Waals surface area contributed by atoms with E-state index in [0.29, 0.717) is 16.8 Å². The summed E-state index contributed by atoms with van der Waals surface area (Å²) in [5.74, 6) is 5.59. The number of nitrogens with zero attached hydrogens (tertiary/aromatic N) is 3. The normalized spacial score (nSPS) is 9.58. The number of hydrogen-bond donors (Lipinski definition) is 1. The van der Waals surface area contributed by atoms with Crippen LogP contribution in [0.2, 0.25) is 5.15 Å². The van der Waals surface area contributed by atoms with Gasteiger partial charge in [-0.3, -0.25) is 4.79 Å². The van der Waals surface area contributed by atoms with E-state index < -0.39 is 0 Å². The van der Waals surface area contributed by atoms with Crippen molar-refractivity contribution in [2.24, 2.45) is 0 Å². The highest BCUT2D eigenvalue weighted by molar-refractivity contribution is 6.30. The van der Waals surface area contributed by atoms with Gasteiger partial charge in [-0.2, -0.15) is 0 Å². The maximum Gasteiger partial charge on any atom is 0.162 e. The molecule has 2 aromatic rings. The molecular formula is C13H9ClN4O. The summed E-state index contributed by atoms with van der Waals surface area (Å²) in [6.07, 6.45) is 2.81. The summed E-state index contributed by atoms with van der Waals surface area (Å²) in [5.41, 5.74) is 6.80. The number of carbonyl (C=O) groups is 1. The largest absolute Gasteiger partial charge is 0.383 e. The molecule has 0 saturated heterocycles. The first-order valence-corrected chi connectivity index (χ1v) is 5.71. The molecule has 0 fully saturated rings. The number of Topliss-reactive ketones (excluding diaryl/α,β-unsaturated/α-hetero) is 1. The van der Waals surface area contributed by atoms with E-state index >= 15 is 0 Å². The molecule has 0 bridgehead atoms. The molecule has 0 atom stereocenters. The molecule has 2 aromatic heterocycles. The Hall–Kier alpha value is -2.45. The quantitative estimate of drug-likeness (QED) is 0.485. The van der Waals surface area contributed by atoms with Crippen LogP contribution in [-0.2, 0) is 0 Å². The van der Waals surface area contributed by atoms with E-state index in [4.69, 9.17) is 17.3 Å². The minimum Gasteiger partial charge on any atom is -0.383 e. The molecule has 0 aliphatic carbocycles. The molecule has 6 heteroatoms. The zero-order chi connectivity index (χ0) is 13.8. The van der Waals surface area contributed by atoms with Crippen LogP contribution in [0, 0.1) is 11.8 Å². The van der Waals surface area contributed by atoms with E-state index in [-0.39, 0.29) is 16.8 Å². The highest BCUT2D eigenvalue weighted by Crippen LogP contribution is 2.15. The predicted molar refractivity (Wildman–Crippen MR) is 71.7 cm³/mol. The maximum atomic E-state index is 11.4. The van der Waals surface area contributed by atoms with Gasteiger partial charge in [0.05, 0.1) is 5.56 Å². The summed E-state index contributed by atoms with van der Waals surface area (Å²) in [4.78, 5) is 23.1. The summed E-state index contributed by atoms with van der Waals surface area (Å²) in [7, 11) is 0. The summed E-state index contributed by atoms with van der Waals surface area (Å²) < 4.78 is 0. The SMILES string of the molecule is CC(=O)c1cccnc1C#Cc1c(N)ncnc1Cl. The van der Waals surface area contributed by atoms with Crippen molar-refractivity contribution < 1.29 is 4.79 Å². The van der Waals surface area contributed by atoms with E-state index in [1.54, 1.807) is 18.3 Å². The smallest absolute Gasteiger partial charge is 0.162 e. The van der Waals surface area contributed by atoms with Crippen molar-refractivity contribution in [3.05, 3.63) is 46.6 Å². The molecular weight excluding hydrogens is 264 g/mol. The predicted octanol–water partition coefficient (Wildman–Crippen LogP) is 1.71. The van der Waals surface area contributed by atoms with Crippen LogP contribution in [0.3, 0.4) is 0 Å². The zero-order valence-corrected chi connectivity index (χ0v) is 10.8. The number of nitrogen functional groups attached to an aromatic ring is 1. The molecule has 19 heavy (non-hydrogen) atoms. The monoisotopic (exact) mass is 272 g/mol. The van der Waals surface area contributed by atoms with Gasteiger partial charge >= 0.3 is 0 Å². The Labute approximate surface area is 114 Å². The lowest BCUT2D eigenvalue weighted by molar-refractivity contribution is 0.101. The molecule has 0 spiro atoms. The third kappa shape index (κ3) is 2.87. The van der Waals surface area contributed by atoms with Gasteiger partial charge in [-0.25, -0.2) is 15.0 Å². The van der Waals surface area contributed by atoms with E-state index in [0.717, 1.165) is 0 Å². The summed E-state index contributed by atoms with van der Waals surface area (Å²) in [5, 5.41) is 0.167. The molecule has 0 radical (unpaired) electrons. The number of nitrogens with two attached hydrogens (primary N) is 1. The Balaban J connectivity index is 2.49. The maximum absolute atomic E-state index is 11.4. The third-order valence-electron chi connectivity index (χ3n) is 2.32. The van der Waals surface area contributed by atoms with Crippen LogP contribution in [0.4, 0.5) is 5.82 Å². The average molecular weight is 273 g/mol. The van der Waals surface area contributed by atoms with Gasteiger partial charge in [0.15, 0.2) is 5.78 Å². The molecule has 2 rings (SSSR count). The van der Waals surface area contributed by atoms with Gasteiger partial charge in [-0.05, 0) is 25.0 Å². The van der Waals surface area contributed by atoms with Crippen LogP contribution in [0.25, 0.3) is 0 Å². The van der Waals surface area contributed by atoms with Gasteiger partial charge in [0, 0.05) is 6.20 Å². The molecule has 0 aliphatic heterocycles. The number of halogens is 1. The van der Waals surface area contributed by atoms with Gasteiger partial charge < -0.3 is 5.73 Å². The lowest BCUT2D eigenvalue weighted by Gasteiger charge is -1.99. The summed E-state index contributed by atoms with van der Waals surface area (Å²) >= 11 is 5.88. The van der Waals surface area contributed by atoms with Crippen LogP contribution in [0.5, 0.6) is 0 Å². The molecule has 94 valence electrons. The Morgan fingerprint density at radius 1 is 1.32 bits per heavy atom. The summed E-state index contributed by atoms with van der Waals surface area (Å²) in [6, 6.07) is 3.33. The topological polar surface area (TPSA) is 81.8 Å². The van der Waals surface area contributed by atoms with E-state index in [9.17, 15) is 4.79 Å². The molecule has 0 saturated carbocycles. The van der Waals surface area contributed by atoms with Gasteiger partial charge in [-0.15, -0.1) is 0 Å². The molecule has 0 amide bonds. The standard InChI is InChI=1S/C13H9ClN4O/c1-8(19)9-3-2-6-16-11(9)5-4-10-12(14)17-7-18-13(10)15/h2-3,6-7H,1H3,(H2,15,17,18). The van der Waals surface area contributed by atoms with Gasteiger partial charge in [0.2, 0.25) is 0 Å². The average Bonchev–Trinajstić information content (AvgIpc) is 2.38. The number of hydrogen-bond acceptors (Lipinski definition) is 5. The number of carbonyl (C=O) groups excluding carboxylic acids is 1. The van der Waals surface area contributed by atoms with Crippen LogP contribution in [0.15, 0.2) is 24.7 Å². The van der Waals surface area contributed by atoms with Gasteiger partial charge in [-0.1, -0.05) is 17.5 Å². The first-order valence-electron chi connectivity index (χ1n) is 5.33. The van der Waals surface area contributed by atoms with E-state index in [1.165, 1.54) is 13.3 Å². The van der Waals surface area contributed by atoms with Crippen LogP contribution in [0.1, 0.15) is 28.5 Å². The lowest BCUT2D eigenvalue weighted by atomic mass is 10.1. The van der Waals surface area contributed by atoms with Crippen molar-refractivity contribution in [2.75, 3.05) is 5.73 Å². The number of aromatic nitrogens is 3. The second-order valence-electron chi connectivity index (χ2n) is 3.63. The first kappa shape index (κ1) is 13.0. The molecule has 2 N–H and O–H groups in total. The number of ketones is 1. The lowest BCUT2D eigenvalue weighted by Crippen LogP contribution is -1.99. The van der Waals surface area contributed by atoms with Crippen molar-refractivity contribution in [1.29, 1.82) is 0 Å². The summed E-state index contributed by atoms with van der Waals surface area (Å²) in [6.45, 7) is 1.45. The number of anilines is 1. The third-order valence-corrected chi connectivity index (χ3v) is 2.61. The highest BCUT2D eigenvalue weighted by atomic mass is 35.5. The minimum atomic E-state index is -0.110. The minimum absolute atomic E-state index is 0.110.